The summed E-state index contributed by atoms with van der Waals surface area (Å²) in [6.07, 6.45) is 5.82. The molecule has 0 aliphatic carbocycles. The third-order valence-electron chi connectivity index (χ3n) is 5.01. The number of carbonyl (C=O) groups is 2. The molecule has 0 spiro atoms. The number of unbranched alkanes of at least 4 members (excludes halogenated alkanes) is 2. The number of hydrogen-bond donors (Lipinski definition) is 1. The molecule has 1 amide bonds. The average Bonchev–Trinajstić information content (AvgIpc) is 2.98. The highest BCUT2D eigenvalue weighted by Crippen LogP contribution is 2.43. The Hall–Kier alpha value is -2.57. The Morgan fingerprint density at radius 1 is 1.27 bits per heavy atom. The molecule has 0 radical (unpaired) electrons. The van der Waals surface area contributed by atoms with E-state index >= 15 is 0 Å². The van der Waals surface area contributed by atoms with Gasteiger partial charge in [0.2, 0.25) is 0 Å². The van der Waals surface area contributed by atoms with Gasteiger partial charge in [0.1, 0.15) is 11.5 Å². The summed E-state index contributed by atoms with van der Waals surface area (Å²) in [4.78, 5) is 31.4. The number of nitrogens with zero attached hydrogens (tertiary/aromatic N) is 2. The Bertz CT molecular complexity index is 992. The molecule has 2 heterocycles. The number of halogens is 2. The average molecular weight is 449 g/mol. The number of methoxy groups -OCH3 is 1. The second-order valence-corrected chi connectivity index (χ2v) is 7.80. The van der Waals surface area contributed by atoms with E-state index in [0.717, 1.165) is 19.3 Å². The number of pyridine rings is 1. The number of benzene rings is 1. The van der Waals surface area contributed by atoms with Crippen molar-refractivity contribution in [1.82, 2.24) is 9.88 Å². The zero-order valence-corrected chi connectivity index (χ0v) is 18.2. The lowest BCUT2D eigenvalue weighted by atomic mass is 9.96. The van der Waals surface area contributed by atoms with Gasteiger partial charge in [-0.2, -0.15) is 0 Å². The van der Waals surface area contributed by atoms with Crippen LogP contribution in [0.2, 0.25) is 10.0 Å². The van der Waals surface area contributed by atoms with Gasteiger partial charge in [0.05, 0.1) is 29.3 Å². The van der Waals surface area contributed by atoms with Crippen molar-refractivity contribution in [2.24, 2.45) is 0 Å². The van der Waals surface area contributed by atoms with Crippen LogP contribution in [0.1, 0.15) is 43.4 Å². The Morgan fingerprint density at radius 2 is 2.03 bits per heavy atom. The molecule has 1 unspecified atom stereocenters. The van der Waals surface area contributed by atoms with Crippen molar-refractivity contribution in [3.8, 4) is 5.75 Å². The minimum Gasteiger partial charge on any atom is -0.507 e. The quantitative estimate of drug-likeness (QED) is 0.278. The number of aliphatic hydroxyl groups excluding tert-OH is 1. The van der Waals surface area contributed by atoms with E-state index in [-0.39, 0.29) is 32.7 Å². The van der Waals surface area contributed by atoms with Crippen molar-refractivity contribution in [3.05, 3.63) is 63.4 Å². The number of hydrogen-bond acceptors (Lipinski definition) is 5. The van der Waals surface area contributed by atoms with Crippen molar-refractivity contribution in [3.63, 3.8) is 0 Å². The molecule has 158 valence electrons. The summed E-state index contributed by atoms with van der Waals surface area (Å²) in [7, 11) is 1.40. The van der Waals surface area contributed by atoms with Crippen LogP contribution >= 0.6 is 23.2 Å². The van der Waals surface area contributed by atoms with E-state index in [9.17, 15) is 14.7 Å². The SMILES string of the molecule is CCCCCN1C(=O)C(=O)/C(=C(/O)c2cc(Cl)cc(Cl)c2OC)C1c1cccnc1. The number of amides is 1. The maximum absolute atomic E-state index is 13.0. The largest absolute Gasteiger partial charge is 0.507 e. The normalized spacial score (nSPS) is 18.1. The van der Waals surface area contributed by atoms with Crippen molar-refractivity contribution in [2.45, 2.75) is 32.2 Å². The third-order valence-corrected chi connectivity index (χ3v) is 5.51. The Labute approximate surface area is 185 Å². The van der Waals surface area contributed by atoms with Crippen LogP contribution in [0.25, 0.3) is 5.76 Å². The summed E-state index contributed by atoms with van der Waals surface area (Å²) < 4.78 is 5.31. The predicted molar refractivity (Wildman–Crippen MR) is 116 cm³/mol. The number of aliphatic hydroxyl groups is 1. The van der Waals surface area contributed by atoms with Gasteiger partial charge in [-0.25, -0.2) is 0 Å². The molecule has 6 nitrogen and oxygen atoms in total. The van der Waals surface area contributed by atoms with Gasteiger partial charge in [-0.1, -0.05) is 49.0 Å². The van der Waals surface area contributed by atoms with Crippen LogP contribution in [0.3, 0.4) is 0 Å². The molecule has 0 saturated carbocycles. The number of aromatic nitrogens is 1. The molecule has 3 rings (SSSR count). The molecule has 30 heavy (non-hydrogen) atoms. The number of Topliss-reactive ketones (excluding diaryl/α,β-unsaturated/α-hetero) is 1. The number of carbonyl (C=O) groups excluding carboxylic acids is 2. The van der Waals surface area contributed by atoms with Crippen molar-refractivity contribution in [1.29, 1.82) is 0 Å². The van der Waals surface area contributed by atoms with Gasteiger partial charge in [0.15, 0.2) is 0 Å². The molecule has 1 aliphatic rings. The van der Waals surface area contributed by atoms with E-state index < -0.39 is 17.7 Å². The zero-order valence-electron chi connectivity index (χ0n) is 16.7. The Morgan fingerprint density at radius 3 is 2.67 bits per heavy atom. The molecular weight excluding hydrogens is 427 g/mol. The topological polar surface area (TPSA) is 79.7 Å². The van der Waals surface area contributed by atoms with E-state index in [2.05, 4.69) is 11.9 Å². The first kappa shape index (κ1) is 22.1. The molecular formula is C22H22Cl2N2O4. The smallest absolute Gasteiger partial charge is 0.295 e. The second-order valence-electron chi connectivity index (χ2n) is 6.95. The van der Waals surface area contributed by atoms with Crippen LogP contribution in [0.5, 0.6) is 5.75 Å². The van der Waals surface area contributed by atoms with Crippen LogP contribution in [-0.2, 0) is 9.59 Å². The maximum Gasteiger partial charge on any atom is 0.295 e. The van der Waals surface area contributed by atoms with Crippen LogP contribution < -0.4 is 4.74 Å². The summed E-state index contributed by atoms with van der Waals surface area (Å²) >= 11 is 12.3. The third kappa shape index (κ3) is 4.16. The van der Waals surface area contributed by atoms with Crippen molar-refractivity contribution >= 4 is 40.7 Å². The van der Waals surface area contributed by atoms with Crippen molar-refractivity contribution < 1.29 is 19.4 Å². The highest BCUT2D eigenvalue weighted by molar-refractivity contribution is 6.46. The summed E-state index contributed by atoms with van der Waals surface area (Å²) in [5, 5.41) is 11.6. The van der Waals surface area contributed by atoms with E-state index in [1.54, 1.807) is 24.5 Å². The number of rotatable bonds is 7. The molecule has 1 N–H and O–H groups in total. The number of likely N-dealkylation sites (tertiary alicyclic amines) is 1. The minimum absolute atomic E-state index is 0.0406. The fourth-order valence-corrected chi connectivity index (χ4v) is 4.19. The van der Waals surface area contributed by atoms with E-state index in [1.165, 1.54) is 24.1 Å². The monoisotopic (exact) mass is 448 g/mol. The molecule has 1 aromatic carbocycles. The van der Waals surface area contributed by atoms with Gasteiger partial charge in [-0.3, -0.25) is 14.6 Å². The summed E-state index contributed by atoms with van der Waals surface area (Å²) in [6.45, 7) is 2.45. The molecule has 1 aliphatic heterocycles. The first-order valence-electron chi connectivity index (χ1n) is 9.62. The standard InChI is InChI=1S/C22H22Cl2N2O4/c1-3-4-5-9-26-18(13-7-6-8-25-12-13)17(20(28)22(26)29)19(27)15-10-14(23)11-16(24)21(15)30-2/h6-8,10-12,18,27H,3-5,9H2,1-2H3/b19-17+. The minimum atomic E-state index is -0.768. The van der Waals surface area contributed by atoms with Gasteiger partial charge < -0.3 is 14.7 Å². The molecule has 0 bridgehead atoms. The van der Waals surface area contributed by atoms with E-state index in [0.29, 0.717) is 12.1 Å². The van der Waals surface area contributed by atoms with Gasteiger partial charge in [-0.05, 0) is 30.2 Å². The summed E-state index contributed by atoms with van der Waals surface area (Å²) in [5.41, 5.74) is 0.735. The molecule has 2 aromatic rings. The predicted octanol–water partition coefficient (Wildman–Crippen LogP) is 5.01. The lowest BCUT2D eigenvalue weighted by Gasteiger charge is -2.25. The molecule has 1 atom stereocenters. The maximum atomic E-state index is 13.0. The Balaban J connectivity index is 2.20. The highest BCUT2D eigenvalue weighted by Gasteiger charge is 2.46. The summed E-state index contributed by atoms with van der Waals surface area (Å²) in [5.74, 6) is -1.65. The number of ether oxygens (including phenoxy) is 1. The van der Waals surface area contributed by atoms with Gasteiger partial charge >= 0.3 is 0 Å². The van der Waals surface area contributed by atoms with Crippen LogP contribution in [0.4, 0.5) is 0 Å². The van der Waals surface area contributed by atoms with Gasteiger partial charge in [0, 0.05) is 24.0 Å². The Kier molecular flexibility index (Phi) is 7.00. The fraction of sp³-hybridized carbons (Fsp3) is 0.318. The first-order valence-corrected chi connectivity index (χ1v) is 10.4. The van der Waals surface area contributed by atoms with E-state index in [1.807, 2.05) is 0 Å². The molecule has 1 fully saturated rings. The first-order chi connectivity index (χ1) is 14.4. The number of ketones is 1. The lowest BCUT2D eigenvalue weighted by Crippen LogP contribution is -2.30. The summed E-state index contributed by atoms with van der Waals surface area (Å²) in [6, 6.07) is 5.65. The van der Waals surface area contributed by atoms with Crippen LogP contribution in [-0.4, -0.2) is 40.3 Å². The molecule has 8 heteroatoms. The van der Waals surface area contributed by atoms with Crippen LogP contribution in [0, 0.1) is 0 Å². The fourth-order valence-electron chi connectivity index (χ4n) is 3.62. The molecule has 1 aromatic heterocycles. The zero-order chi connectivity index (χ0) is 21.8. The van der Waals surface area contributed by atoms with Gasteiger partial charge in [0.25, 0.3) is 11.7 Å². The van der Waals surface area contributed by atoms with Gasteiger partial charge in [-0.15, -0.1) is 0 Å². The van der Waals surface area contributed by atoms with Crippen LogP contribution in [0.15, 0.2) is 42.2 Å². The molecule has 1 saturated heterocycles. The highest BCUT2D eigenvalue weighted by atomic mass is 35.5. The van der Waals surface area contributed by atoms with E-state index in [4.69, 9.17) is 27.9 Å². The second kappa shape index (κ2) is 9.49. The lowest BCUT2D eigenvalue weighted by molar-refractivity contribution is -0.139. The van der Waals surface area contributed by atoms with Crippen molar-refractivity contribution in [2.75, 3.05) is 13.7 Å².